The zero-order valence-corrected chi connectivity index (χ0v) is 12.0. The van der Waals surface area contributed by atoms with Gasteiger partial charge >= 0.3 is 0 Å². The van der Waals surface area contributed by atoms with E-state index in [4.69, 9.17) is 9.47 Å². The molecule has 6 heteroatoms. The predicted molar refractivity (Wildman–Crippen MR) is 67.2 cm³/mol. The molecule has 5 nitrogen and oxygen atoms in total. The van der Waals surface area contributed by atoms with E-state index >= 15 is 0 Å². The summed E-state index contributed by atoms with van der Waals surface area (Å²) in [5.41, 5.74) is -0.0667. The first-order chi connectivity index (χ1) is 8.04. The number of alkyl halides is 1. The van der Waals surface area contributed by atoms with E-state index < -0.39 is 0 Å². The van der Waals surface area contributed by atoms with Crippen LogP contribution in [0.3, 0.4) is 0 Å². The van der Waals surface area contributed by atoms with Crippen LogP contribution in [0.4, 0.5) is 0 Å². The fourth-order valence-electron chi connectivity index (χ4n) is 1.99. The van der Waals surface area contributed by atoms with Crippen LogP contribution in [0, 0.1) is 0 Å². The van der Waals surface area contributed by atoms with Gasteiger partial charge in [0.1, 0.15) is 11.9 Å². The molecule has 1 aromatic rings. The van der Waals surface area contributed by atoms with Crippen molar-refractivity contribution in [1.29, 1.82) is 0 Å². The lowest BCUT2D eigenvalue weighted by molar-refractivity contribution is -0.0957. The molecule has 0 aromatic carbocycles. The molecule has 96 valence electrons. The van der Waals surface area contributed by atoms with Gasteiger partial charge in [-0.2, -0.15) is 0 Å². The Labute approximate surface area is 110 Å². The minimum Gasteiger partial charge on any atom is -0.376 e. The molecule has 0 spiro atoms. The van der Waals surface area contributed by atoms with E-state index in [1.54, 1.807) is 0 Å². The van der Waals surface area contributed by atoms with E-state index in [1.807, 2.05) is 0 Å². The molecule has 1 atom stereocenters. The molecule has 1 aromatic heterocycles. The Morgan fingerprint density at radius 1 is 1.35 bits per heavy atom. The highest BCUT2D eigenvalue weighted by atomic mass is 79.9. The fourth-order valence-corrected chi connectivity index (χ4v) is 2.36. The van der Waals surface area contributed by atoms with Crippen molar-refractivity contribution in [2.75, 3.05) is 19.8 Å². The molecule has 1 fully saturated rings. The lowest BCUT2D eigenvalue weighted by Crippen LogP contribution is -2.31. The van der Waals surface area contributed by atoms with E-state index in [9.17, 15) is 0 Å². The van der Waals surface area contributed by atoms with Crippen LogP contribution >= 0.6 is 15.9 Å². The molecular formula is C11H18BrN3O2. The standard InChI is InChI=1S/C11H18BrN3O2/c1-11(2,3)15-9(6-12)13-14-10(15)8-7-16-4-5-17-8/h8H,4-7H2,1-3H3. The quantitative estimate of drug-likeness (QED) is 0.784. The largest absolute Gasteiger partial charge is 0.376 e. The Morgan fingerprint density at radius 3 is 2.65 bits per heavy atom. The Kier molecular flexibility index (Phi) is 3.85. The zero-order valence-electron chi connectivity index (χ0n) is 10.4. The van der Waals surface area contributed by atoms with Crippen molar-refractivity contribution in [1.82, 2.24) is 14.8 Å². The normalized spacial score (nSPS) is 21.8. The third-order valence-electron chi connectivity index (χ3n) is 2.65. The van der Waals surface area contributed by atoms with Crippen LogP contribution in [-0.4, -0.2) is 34.6 Å². The van der Waals surface area contributed by atoms with E-state index in [2.05, 4.69) is 51.5 Å². The fraction of sp³-hybridized carbons (Fsp3) is 0.818. The number of halogens is 1. The molecule has 1 saturated heterocycles. The summed E-state index contributed by atoms with van der Waals surface area (Å²) in [6.45, 7) is 8.23. The van der Waals surface area contributed by atoms with Gasteiger partial charge in [-0.25, -0.2) is 0 Å². The highest BCUT2D eigenvalue weighted by molar-refractivity contribution is 9.08. The number of hydrogen-bond donors (Lipinski definition) is 0. The van der Waals surface area contributed by atoms with Crippen molar-refractivity contribution in [3.8, 4) is 0 Å². The number of aromatic nitrogens is 3. The van der Waals surface area contributed by atoms with Crippen molar-refractivity contribution >= 4 is 15.9 Å². The number of rotatable bonds is 2. The van der Waals surface area contributed by atoms with Gasteiger partial charge in [0.2, 0.25) is 0 Å². The van der Waals surface area contributed by atoms with Crippen LogP contribution in [0.2, 0.25) is 0 Å². The maximum atomic E-state index is 5.69. The summed E-state index contributed by atoms with van der Waals surface area (Å²) in [4.78, 5) is 0. The van der Waals surface area contributed by atoms with Crippen LogP contribution in [0.25, 0.3) is 0 Å². The second kappa shape index (κ2) is 5.04. The van der Waals surface area contributed by atoms with E-state index in [1.165, 1.54) is 0 Å². The molecule has 0 N–H and O–H groups in total. The van der Waals surface area contributed by atoms with Crippen molar-refractivity contribution in [2.45, 2.75) is 37.7 Å². The monoisotopic (exact) mass is 303 g/mol. The molecule has 17 heavy (non-hydrogen) atoms. The van der Waals surface area contributed by atoms with Crippen molar-refractivity contribution in [3.63, 3.8) is 0 Å². The Bertz CT molecular complexity index is 381. The lowest BCUT2D eigenvalue weighted by atomic mass is 10.1. The van der Waals surface area contributed by atoms with Gasteiger partial charge in [0.25, 0.3) is 0 Å². The third kappa shape index (κ3) is 2.69. The number of hydrogen-bond acceptors (Lipinski definition) is 4. The van der Waals surface area contributed by atoms with E-state index in [0.717, 1.165) is 11.6 Å². The summed E-state index contributed by atoms with van der Waals surface area (Å²) < 4.78 is 13.2. The molecule has 0 bridgehead atoms. The Hall–Kier alpha value is -0.460. The molecule has 2 heterocycles. The van der Waals surface area contributed by atoms with Crippen LogP contribution < -0.4 is 0 Å². The summed E-state index contributed by atoms with van der Waals surface area (Å²) in [5, 5.41) is 9.15. The van der Waals surface area contributed by atoms with Crippen LogP contribution in [0.1, 0.15) is 38.5 Å². The zero-order chi connectivity index (χ0) is 12.5. The maximum Gasteiger partial charge on any atom is 0.165 e. The highest BCUT2D eigenvalue weighted by Gasteiger charge is 2.29. The first kappa shape index (κ1) is 13.0. The highest BCUT2D eigenvalue weighted by Crippen LogP contribution is 2.26. The van der Waals surface area contributed by atoms with Gasteiger partial charge in [0.15, 0.2) is 5.82 Å². The Balaban J connectivity index is 2.36. The molecule has 0 amide bonds. The molecule has 2 rings (SSSR count). The lowest BCUT2D eigenvalue weighted by Gasteiger charge is -2.29. The van der Waals surface area contributed by atoms with Gasteiger partial charge in [-0.1, -0.05) is 15.9 Å². The molecule has 0 aliphatic carbocycles. The molecule has 0 saturated carbocycles. The molecule has 0 radical (unpaired) electrons. The van der Waals surface area contributed by atoms with Gasteiger partial charge < -0.3 is 14.0 Å². The van der Waals surface area contributed by atoms with Gasteiger partial charge in [-0.3, -0.25) is 0 Å². The van der Waals surface area contributed by atoms with E-state index in [-0.39, 0.29) is 11.6 Å². The topological polar surface area (TPSA) is 49.2 Å². The minimum absolute atomic E-state index is 0.0667. The summed E-state index contributed by atoms with van der Waals surface area (Å²) in [6, 6.07) is 0. The van der Waals surface area contributed by atoms with Crippen LogP contribution in [-0.2, 0) is 20.3 Å². The number of nitrogens with zero attached hydrogens (tertiary/aromatic N) is 3. The second-order valence-electron chi connectivity index (χ2n) is 5.05. The first-order valence-electron chi connectivity index (χ1n) is 5.74. The Morgan fingerprint density at radius 2 is 2.12 bits per heavy atom. The van der Waals surface area contributed by atoms with Gasteiger partial charge in [0.05, 0.1) is 25.2 Å². The summed E-state index contributed by atoms with van der Waals surface area (Å²) in [5.74, 6) is 1.77. The third-order valence-corrected chi connectivity index (χ3v) is 3.15. The minimum atomic E-state index is -0.108. The van der Waals surface area contributed by atoms with Gasteiger partial charge in [-0.05, 0) is 20.8 Å². The average Bonchev–Trinajstić information content (AvgIpc) is 2.73. The SMILES string of the molecule is CC(C)(C)n1c(CBr)nnc1C1COCCO1. The van der Waals surface area contributed by atoms with E-state index in [0.29, 0.717) is 25.2 Å². The second-order valence-corrected chi connectivity index (χ2v) is 5.61. The number of ether oxygens (including phenoxy) is 2. The van der Waals surface area contributed by atoms with Crippen molar-refractivity contribution in [3.05, 3.63) is 11.6 Å². The smallest absolute Gasteiger partial charge is 0.165 e. The summed E-state index contributed by atoms with van der Waals surface area (Å²) in [7, 11) is 0. The maximum absolute atomic E-state index is 5.69. The van der Waals surface area contributed by atoms with Gasteiger partial charge in [0, 0.05) is 5.54 Å². The van der Waals surface area contributed by atoms with Crippen molar-refractivity contribution in [2.24, 2.45) is 0 Å². The molecule has 1 aliphatic rings. The summed E-state index contributed by atoms with van der Waals surface area (Å²) >= 11 is 3.44. The molecule has 1 aliphatic heterocycles. The van der Waals surface area contributed by atoms with Crippen LogP contribution in [0.5, 0.6) is 0 Å². The van der Waals surface area contributed by atoms with Gasteiger partial charge in [-0.15, -0.1) is 10.2 Å². The average molecular weight is 304 g/mol. The van der Waals surface area contributed by atoms with Crippen molar-refractivity contribution < 1.29 is 9.47 Å². The van der Waals surface area contributed by atoms with Crippen LogP contribution in [0.15, 0.2) is 0 Å². The first-order valence-corrected chi connectivity index (χ1v) is 6.86. The molecule has 1 unspecified atom stereocenters. The predicted octanol–water partition coefficient (Wildman–Crippen LogP) is 2.02. The molecular weight excluding hydrogens is 286 g/mol. The summed E-state index contributed by atoms with van der Waals surface area (Å²) in [6.07, 6.45) is -0.108.